The van der Waals surface area contributed by atoms with Gasteiger partial charge in [-0.3, -0.25) is 9.59 Å². The lowest BCUT2D eigenvalue weighted by atomic mass is 10.3. The number of carbonyl (C=O) groups excluding carboxylic acids is 2. The van der Waals surface area contributed by atoms with Crippen LogP contribution < -0.4 is 20.1 Å². The van der Waals surface area contributed by atoms with Crippen molar-refractivity contribution in [1.29, 1.82) is 0 Å². The maximum absolute atomic E-state index is 11.5. The number of benzene rings is 1. The smallest absolute Gasteiger partial charge is 0.229 e. The minimum absolute atomic E-state index is 0.126. The van der Waals surface area contributed by atoms with Gasteiger partial charge >= 0.3 is 0 Å². The first-order valence-electron chi connectivity index (χ1n) is 7.00. The molecule has 1 aromatic carbocycles. The summed E-state index contributed by atoms with van der Waals surface area (Å²) in [6.07, 6.45) is 1.91. The second kappa shape index (κ2) is 7.52. The largest absolute Gasteiger partial charge is 0.497 e. The molecule has 114 valence electrons. The molecule has 0 atom stereocenters. The van der Waals surface area contributed by atoms with E-state index in [0.717, 1.165) is 18.6 Å². The molecule has 6 nitrogen and oxygen atoms in total. The molecule has 1 saturated carbocycles. The molecule has 2 N–H and O–H groups in total. The molecule has 1 fully saturated rings. The zero-order chi connectivity index (χ0) is 15.1. The van der Waals surface area contributed by atoms with Gasteiger partial charge in [0, 0.05) is 6.04 Å². The van der Waals surface area contributed by atoms with Crippen molar-refractivity contribution >= 4 is 11.8 Å². The van der Waals surface area contributed by atoms with Gasteiger partial charge in [-0.1, -0.05) is 0 Å². The molecule has 0 bridgehead atoms. The van der Waals surface area contributed by atoms with Gasteiger partial charge in [-0.2, -0.15) is 0 Å². The number of carbonyl (C=O) groups is 2. The van der Waals surface area contributed by atoms with Crippen molar-refractivity contribution in [2.75, 3.05) is 20.3 Å². The van der Waals surface area contributed by atoms with E-state index in [9.17, 15) is 9.59 Å². The van der Waals surface area contributed by atoms with Crippen molar-refractivity contribution in [3.8, 4) is 11.5 Å². The number of hydrogen-bond donors (Lipinski definition) is 2. The molecule has 0 saturated heterocycles. The average Bonchev–Trinajstić information content (AvgIpc) is 3.28. The molecular weight excluding hydrogens is 272 g/mol. The van der Waals surface area contributed by atoms with Crippen molar-refractivity contribution in [2.45, 2.75) is 25.3 Å². The Morgan fingerprint density at radius 3 is 2.43 bits per heavy atom. The Morgan fingerprint density at radius 2 is 1.81 bits per heavy atom. The molecule has 1 aliphatic carbocycles. The van der Waals surface area contributed by atoms with E-state index >= 15 is 0 Å². The fourth-order valence-electron chi connectivity index (χ4n) is 1.75. The average molecular weight is 292 g/mol. The van der Waals surface area contributed by atoms with Crippen LogP contribution in [0.2, 0.25) is 0 Å². The van der Waals surface area contributed by atoms with Gasteiger partial charge in [0.25, 0.3) is 0 Å². The summed E-state index contributed by atoms with van der Waals surface area (Å²) in [5.41, 5.74) is 0. The normalized spacial score (nSPS) is 13.4. The van der Waals surface area contributed by atoms with Crippen molar-refractivity contribution in [3.05, 3.63) is 24.3 Å². The van der Waals surface area contributed by atoms with E-state index in [1.807, 2.05) is 0 Å². The van der Waals surface area contributed by atoms with E-state index in [1.54, 1.807) is 31.4 Å². The summed E-state index contributed by atoms with van der Waals surface area (Å²) >= 11 is 0. The summed E-state index contributed by atoms with van der Waals surface area (Å²) in [6.45, 7) is 0.712. The molecule has 0 spiro atoms. The molecular formula is C15H20N2O4. The van der Waals surface area contributed by atoms with E-state index in [4.69, 9.17) is 9.47 Å². The Bertz CT molecular complexity index is 483. The molecule has 6 heteroatoms. The maximum atomic E-state index is 11.5. The van der Waals surface area contributed by atoms with E-state index < -0.39 is 0 Å². The van der Waals surface area contributed by atoms with Crippen molar-refractivity contribution in [3.63, 3.8) is 0 Å². The summed E-state index contributed by atoms with van der Waals surface area (Å²) in [4.78, 5) is 22.9. The Hall–Kier alpha value is -2.24. The second-order valence-electron chi connectivity index (χ2n) is 4.89. The number of rotatable bonds is 8. The van der Waals surface area contributed by atoms with Crippen LogP contribution in [0, 0.1) is 0 Å². The van der Waals surface area contributed by atoms with Gasteiger partial charge in [0.1, 0.15) is 24.5 Å². The van der Waals surface area contributed by atoms with Crippen LogP contribution in [0.25, 0.3) is 0 Å². The van der Waals surface area contributed by atoms with Crippen LogP contribution in [0.3, 0.4) is 0 Å². The molecule has 2 amide bonds. The maximum Gasteiger partial charge on any atom is 0.229 e. The topological polar surface area (TPSA) is 76.7 Å². The molecule has 21 heavy (non-hydrogen) atoms. The molecule has 0 unspecified atom stereocenters. The number of methoxy groups -OCH3 is 1. The van der Waals surface area contributed by atoms with E-state index in [2.05, 4.69) is 10.6 Å². The number of ether oxygens (including phenoxy) is 2. The summed E-state index contributed by atoms with van der Waals surface area (Å²) in [5.74, 6) is 0.964. The van der Waals surface area contributed by atoms with Crippen molar-refractivity contribution < 1.29 is 19.1 Å². The number of nitrogens with one attached hydrogen (secondary N) is 2. The third-order valence-corrected chi connectivity index (χ3v) is 3.02. The molecule has 0 radical (unpaired) electrons. The standard InChI is InChI=1S/C15H20N2O4/c1-20-12-4-6-13(7-5-12)21-9-8-16-14(18)10-15(19)17-11-2-3-11/h4-7,11H,2-3,8-10H2,1H3,(H,16,18)(H,17,19). The monoisotopic (exact) mass is 292 g/mol. The molecule has 0 aliphatic heterocycles. The molecule has 0 aromatic heterocycles. The van der Waals surface area contributed by atoms with Gasteiger partial charge in [-0.15, -0.1) is 0 Å². The van der Waals surface area contributed by atoms with Crippen LogP contribution >= 0.6 is 0 Å². The van der Waals surface area contributed by atoms with Crippen LogP contribution in [0.1, 0.15) is 19.3 Å². The predicted molar refractivity (Wildman–Crippen MR) is 77.3 cm³/mol. The lowest BCUT2D eigenvalue weighted by Crippen LogP contribution is -2.34. The van der Waals surface area contributed by atoms with Crippen LogP contribution in [0.4, 0.5) is 0 Å². The van der Waals surface area contributed by atoms with Gasteiger partial charge < -0.3 is 20.1 Å². The highest BCUT2D eigenvalue weighted by Crippen LogP contribution is 2.18. The third-order valence-electron chi connectivity index (χ3n) is 3.02. The molecule has 1 aromatic rings. The number of amides is 2. The van der Waals surface area contributed by atoms with Gasteiger partial charge in [0.05, 0.1) is 13.7 Å². The summed E-state index contributed by atoms with van der Waals surface area (Å²) < 4.78 is 10.5. The van der Waals surface area contributed by atoms with E-state index in [0.29, 0.717) is 18.9 Å². The lowest BCUT2D eigenvalue weighted by Gasteiger charge is -2.08. The Labute approximate surface area is 123 Å². The second-order valence-corrected chi connectivity index (χ2v) is 4.89. The third kappa shape index (κ3) is 5.72. The highest BCUT2D eigenvalue weighted by molar-refractivity contribution is 5.97. The van der Waals surface area contributed by atoms with Crippen LogP contribution in [0.5, 0.6) is 11.5 Å². The fourth-order valence-corrected chi connectivity index (χ4v) is 1.75. The van der Waals surface area contributed by atoms with E-state index in [1.165, 1.54) is 0 Å². The van der Waals surface area contributed by atoms with Gasteiger partial charge in [0.2, 0.25) is 11.8 Å². The first-order valence-corrected chi connectivity index (χ1v) is 7.00. The lowest BCUT2D eigenvalue weighted by molar-refractivity contribution is -0.129. The van der Waals surface area contributed by atoms with Crippen LogP contribution in [-0.4, -0.2) is 38.1 Å². The zero-order valence-electron chi connectivity index (χ0n) is 12.1. The first kappa shape index (κ1) is 15.2. The zero-order valence-corrected chi connectivity index (χ0v) is 12.1. The quantitative estimate of drug-likeness (QED) is 0.550. The number of hydrogen-bond acceptors (Lipinski definition) is 4. The van der Waals surface area contributed by atoms with Crippen molar-refractivity contribution in [2.24, 2.45) is 0 Å². The predicted octanol–water partition coefficient (Wildman–Crippen LogP) is 0.859. The Morgan fingerprint density at radius 1 is 1.14 bits per heavy atom. The van der Waals surface area contributed by atoms with Crippen LogP contribution in [0.15, 0.2) is 24.3 Å². The van der Waals surface area contributed by atoms with Crippen molar-refractivity contribution in [1.82, 2.24) is 10.6 Å². The summed E-state index contributed by atoms with van der Waals surface area (Å²) in [6, 6.07) is 7.48. The summed E-state index contributed by atoms with van der Waals surface area (Å²) in [5, 5.41) is 5.42. The highest BCUT2D eigenvalue weighted by Gasteiger charge is 2.23. The minimum Gasteiger partial charge on any atom is -0.497 e. The summed E-state index contributed by atoms with van der Waals surface area (Å²) in [7, 11) is 1.60. The first-order chi connectivity index (χ1) is 10.2. The fraction of sp³-hybridized carbons (Fsp3) is 0.467. The molecule has 2 rings (SSSR count). The van der Waals surface area contributed by atoms with Gasteiger partial charge in [-0.05, 0) is 37.1 Å². The van der Waals surface area contributed by atoms with Crippen LogP contribution in [-0.2, 0) is 9.59 Å². The highest BCUT2D eigenvalue weighted by atomic mass is 16.5. The van der Waals surface area contributed by atoms with Gasteiger partial charge in [0.15, 0.2) is 0 Å². The van der Waals surface area contributed by atoms with E-state index in [-0.39, 0.29) is 24.3 Å². The molecule has 0 heterocycles. The Balaban J connectivity index is 1.57. The minimum atomic E-state index is -0.286. The van der Waals surface area contributed by atoms with Gasteiger partial charge in [-0.25, -0.2) is 0 Å². The molecule has 1 aliphatic rings. The SMILES string of the molecule is COc1ccc(OCCNC(=O)CC(=O)NC2CC2)cc1. The Kier molecular flexibility index (Phi) is 5.43.